The Morgan fingerprint density at radius 3 is 2.81 bits per heavy atom. The van der Waals surface area contributed by atoms with E-state index in [-0.39, 0.29) is 17.0 Å². The number of sulfonamides is 1. The molecule has 0 atom stereocenters. The van der Waals surface area contributed by atoms with Gasteiger partial charge in [-0.1, -0.05) is 11.8 Å². The second kappa shape index (κ2) is 6.14. The van der Waals surface area contributed by atoms with E-state index >= 15 is 0 Å². The smallest absolute Gasteiger partial charge is 0.245 e. The van der Waals surface area contributed by atoms with Gasteiger partial charge in [0.15, 0.2) is 0 Å². The first kappa shape index (κ1) is 16.0. The van der Waals surface area contributed by atoms with Gasteiger partial charge in [0.2, 0.25) is 10.0 Å². The summed E-state index contributed by atoms with van der Waals surface area (Å²) < 4.78 is 27.0. The first-order chi connectivity index (χ1) is 9.88. The summed E-state index contributed by atoms with van der Waals surface area (Å²) in [6, 6.07) is 1.54. The molecule has 2 rings (SSSR count). The van der Waals surface area contributed by atoms with Gasteiger partial charge >= 0.3 is 0 Å². The summed E-state index contributed by atoms with van der Waals surface area (Å²) >= 11 is 0. The summed E-state index contributed by atoms with van der Waals surface area (Å²) in [4.78, 5) is 4.15. The lowest BCUT2D eigenvalue weighted by Crippen LogP contribution is -2.42. The highest BCUT2D eigenvalue weighted by Gasteiger charge is 2.40. The van der Waals surface area contributed by atoms with Crippen LogP contribution in [0.25, 0.3) is 0 Å². The number of hydrogen-bond donors (Lipinski definition) is 1. The van der Waals surface area contributed by atoms with Crippen LogP contribution in [0.5, 0.6) is 0 Å². The van der Waals surface area contributed by atoms with Crippen molar-refractivity contribution in [1.29, 1.82) is 0 Å². The number of aromatic nitrogens is 1. The second-order valence-corrected chi connectivity index (χ2v) is 7.54. The van der Waals surface area contributed by atoms with Crippen molar-refractivity contribution in [2.45, 2.75) is 43.5 Å². The molecule has 6 heteroatoms. The van der Waals surface area contributed by atoms with Gasteiger partial charge in [-0.15, -0.1) is 0 Å². The molecule has 1 N–H and O–H groups in total. The number of rotatable bonds is 3. The highest BCUT2D eigenvalue weighted by atomic mass is 32.2. The zero-order valence-corrected chi connectivity index (χ0v) is 13.2. The van der Waals surface area contributed by atoms with Crippen LogP contribution >= 0.6 is 0 Å². The Kier molecular flexibility index (Phi) is 4.67. The fourth-order valence-electron chi connectivity index (χ4n) is 2.50. The fourth-order valence-corrected chi connectivity index (χ4v) is 4.34. The second-order valence-electron chi connectivity index (χ2n) is 5.68. The van der Waals surface area contributed by atoms with Gasteiger partial charge in [-0.05, 0) is 32.8 Å². The van der Waals surface area contributed by atoms with E-state index in [1.807, 2.05) is 13.8 Å². The van der Waals surface area contributed by atoms with Gasteiger partial charge in [-0.25, -0.2) is 8.42 Å². The van der Waals surface area contributed by atoms with E-state index in [1.54, 1.807) is 10.4 Å². The van der Waals surface area contributed by atoms with Crippen LogP contribution in [-0.2, 0) is 10.0 Å². The highest BCUT2D eigenvalue weighted by molar-refractivity contribution is 7.89. The fraction of sp³-hybridized carbons (Fsp3) is 0.533. The Morgan fingerprint density at radius 1 is 1.43 bits per heavy atom. The monoisotopic (exact) mass is 308 g/mol. The van der Waals surface area contributed by atoms with Crippen LogP contribution in [0.1, 0.15) is 38.7 Å². The van der Waals surface area contributed by atoms with Crippen LogP contribution in [0.4, 0.5) is 0 Å². The van der Waals surface area contributed by atoms with Crippen molar-refractivity contribution in [1.82, 2.24) is 9.29 Å². The van der Waals surface area contributed by atoms with Crippen molar-refractivity contribution in [3.05, 3.63) is 24.0 Å². The minimum absolute atomic E-state index is 0.0135. The van der Waals surface area contributed by atoms with Crippen LogP contribution in [0.15, 0.2) is 23.4 Å². The first-order valence-electron chi connectivity index (χ1n) is 6.95. The van der Waals surface area contributed by atoms with Gasteiger partial charge in [-0.3, -0.25) is 4.98 Å². The van der Waals surface area contributed by atoms with Crippen molar-refractivity contribution in [2.75, 3.05) is 13.2 Å². The van der Waals surface area contributed by atoms with E-state index in [4.69, 9.17) is 5.11 Å². The molecule has 0 amide bonds. The minimum Gasteiger partial charge on any atom is -0.395 e. The van der Waals surface area contributed by atoms with E-state index in [0.29, 0.717) is 18.5 Å². The van der Waals surface area contributed by atoms with Crippen LogP contribution in [0.2, 0.25) is 0 Å². The van der Waals surface area contributed by atoms with Crippen molar-refractivity contribution in [3.8, 4) is 11.8 Å². The van der Waals surface area contributed by atoms with Gasteiger partial charge in [0.05, 0.1) is 6.61 Å². The molecule has 2 heterocycles. The van der Waals surface area contributed by atoms with Crippen LogP contribution in [-0.4, -0.2) is 41.5 Å². The summed E-state index contributed by atoms with van der Waals surface area (Å²) in [7, 11) is -3.55. The molecular weight excluding hydrogens is 288 g/mol. The summed E-state index contributed by atoms with van der Waals surface area (Å²) in [5, 5.41) is 8.71. The highest BCUT2D eigenvalue weighted by Crippen LogP contribution is 2.33. The average molecular weight is 308 g/mol. The molecule has 1 saturated heterocycles. The number of hydrogen-bond acceptors (Lipinski definition) is 4. The maximum atomic E-state index is 12.7. The van der Waals surface area contributed by atoms with Gasteiger partial charge in [0.1, 0.15) is 4.90 Å². The molecule has 1 fully saturated rings. The first-order valence-corrected chi connectivity index (χ1v) is 8.39. The average Bonchev–Trinajstić information content (AvgIpc) is 2.80. The molecule has 0 aliphatic carbocycles. The Labute approximate surface area is 126 Å². The Hall–Kier alpha value is -1.42. The third-order valence-electron chi connectivity index (χ3n) is 3.60. The maximum absolute atomic E-state index is 12.7. The normalized spacial score (nSPS) is 18.2. The van der Waals surface area contributed by atoms with Crippen LogP contribution < -0.4 is 0 Å². The maximum Gasteiger partial charge on any atom is 0.245 e. The third-order valence-corrected chi connectivity index (χ3v) is 5.67. The van der Waals surface area contributed by atoms with Crippen molar-refractivity contribution >= 4 is 10.0 Å². The van der Waals surface area contributed by atoms with Gasteiger partial charge in [0, 0.05) is 36.5 Å². The van der Waals surface area contributed by atoms with Crippen LogP contribution in [0, 0.1) is 11.8 Å². The third kappa shape index (κ3) is 3.43. The molecule has 5 nitrogen and oxygen atoms in total. The van der Waals surface area contributed by atoms with E-state index in [9.17, 15) is 8.42 Å². The summed E-state index contributed by atoms with van der Waals surface area (Å²) in [6.45, 7) is 4.40. The minimum atomic E-state index is -3.55. The number of aliphatic hydroxyl groups excluding tert-OH is 1. The Bertz CT molecular complexity index is 672. The predicted molar refractivity (Wildman–Crippen MR) is 80.0 cm³/mol. The Balaban J connectivity index is 2.33. The summed E-state index contributed by atoms with van der Waals surface area (Å²) in [5.74, 6) is 5.58. The van der Waals surface area contributed by atoms with E-state index < -0.39 is 10.0 Å². The van der Waals surface area contributed by atoms with Crippen molar-refractivity contribution < 1.29 is 13.5 Å². The quantitative estimate of drug-likeness (QED) is 0.856. The lowest BCUT2D eigenvalue weighted by molar-refractivity contribution is 0.291. The lowest BCUT2D eigenvalue weighted by atomic mass is 10.0. The molecule has 21 heavy (non-hydrogen) atoms. The predicted octanol–water partition coefficient (Wildman–Crippen LogP) is 1.38. The number of pyridine rings is 1. The number of aliphatic hydroxyl groups is 1. The zero-order valence-electron chi connectivity index (χ0n) is 12.3. The van der Waals surface area contributed by atoms with Gasteiger partial charge < -0.3 is 5.11 Å². The summed E-state index contributed by atoms with van der Waals surface area (Å²) in [6.07, 6.45) is 4.97. The molecule has 0 aromatic carbocycles. The van der Waals surface area contributed by atoms with Gasteiger partial charge in [-0.2, -0.15) is 4.31 Å². The molecule has 1 aromatic heterocycles. The lowest BCUT2D eigenvalue weighted by Gasteiger charge is -2.30. The standard InChI is InChI=1S/C15H20N2O3S/c1-15(2)7-5-8-17(15)21(19,20)14-10-13(11-16-12-14)6-3-4-9-18/h10-12,18H,4-5,7-9H2,1-2H3. The molecule has 1 aliphatic heterocycles. The molecule has 0 bridgehead atoms. The molecule has 1 aromatic rings. The molecule has 114 valence electrons. The van der Waals surface area contributed by atoms with Crippen LogP contribution in [0.3, 0.4) is 0 Å². The molecule has 0 saturated carbocycles. The van der Waals surface area contributed by atoms with E-state index in [2.05, 4.69) is 16.8 Å². The van der Waals surface area contributed by atoms with Crippen molar-refractivity contribution in [2.24, 2.45) is 0 Å². The van der Waals surface area contributed by atoms with Crippen molar-refractivity contribution in [3.63, 3.8) is 0 Å². The largest absolute Gasteiger partial charge is 0.395 e. The zero-order chi connectivity index (χ0) is 15.5. The summed E-state index contributed by atoms with van der Waals surface area (Å²) in [5.41, 5.74) is 0.179. The molecule has 1 aliphatic rings. The molecule has 0 radical (unpaired) electrons. The number of nitrogens with zero attached hydrogens (tertiary/aromatic N) is 2. The topological polar surface area (TPSA) is 70.5 Å². The molecule has 0 unspecified atom stereocenters. The van der Waals surface area contributed by atoms with E-state index in [1.165, 1.54) is 12.4 Å². The molecule has 0 spiro atoms. The Morgan fingerprint density at radius 2 is 2.19 bits per heavy atom. The van der Waals surface area contributed by atoms with Gasteiger partial charge in [0.25, 0.3) is 0 Å². The van der Waals surface area contributed by atoms with E-state index in [0.717, 1.165) is 12.8 Å². The molecular formula is C15H20N2O3S. The SMILES string of the molecule is CC1(C)CCCN1S(=O)(=O)c1cncc(C#CCCO)c1.